The third-order valence-electron chi connectivity index (χ3n) is 4.87. The van der Waals surface area contributed by atoms with Crippen LogP contribution in [-0.2, 0) is 6.54 Å². The van der Waals surface area contributed by atoms with Crippen LogP contribution in [0, 0.1) is 0 Å². The van der Waals surface area contributed by atoms with E-state index in [0.29, 0.717) is 36.8 Å². The molecule has 1 aliphatic rings. The lowest BCUT2D eigenvalue weighted by Crippen LogP contribution is -2.17. The van der Waals surface area contributed by atoms with Crippen molar-refractivity contribution < 1.29 is 14.3 Å². The van der Waals surface area contributed by atoms with E-state index in [0.717, 1.165) is 22.3 Å². The summed E-state index contributed by atoms with van der Waals surface area (Å²) < 4.78 is 13.2. The molecule has 0 unspecified atom stereocenters. The number of hydrogen-bond acceptors (Lipinski definition) is 4. The second kappa shape index (κ2) is 7.31. The van der Waals surface area contributed by atoms with Gasteiger partial charge >= 0.3 is 0 Å². The Morgan fingerprint density at radius 1 is 0.966 bits per heavy atom. The molecule has 1 aliphatic heterocycles. The molecule has 3 aromatic carbocycles. The number of benzene rings is 3. The number of fused-ring (bicyclic) bond motifs is 2. The van der Waals surface area contributed by atoms with Gasteiger partial charge in [-0.05, 0) is 48.0 Å². The Bertz CT molecular complexity index is 1200. The van der Waals surface area contributed by atoms with E-state index >= 15 is 0 Å². The summed E-state index contributed by atoms with van der Waals surface area (Å²) in [5.74, 6) is 1.08. The molecule has 0 aliphatic carbocycles. The molecule has 0 saturated heterocycles. The molecule has 0 radical (unpaired) electrons. The van der Waals surface area contributed by atoms with E-state index in [-0.39, 0.29) is 5.91 Å². The summed E-state index contributed by atoms with van der Waals surface area (Å²) in [4.78, 5) is 17.1. The fraction of sp³-hybridized carbons (Fsp3) is 0.130. The molecule has 0 atom stereocenters. The maximum atomic E-state index is 12.7. The molecule has 0 bridgehead atoms. The number of aromatic nitrogens is 2. The Labute approximate surface area is 167 Å². The minimum absolute atomic E-state index is 0.188. The fourth-order valence-corrected chi connectivity index (χ4v) is 3.47. The molecule has 1 amide bonds. The van der Waals surface area contributed by atoms with Gasteiger partial charge < -0.3 is 19.4 Å². The van der Waals surface area contributed by atoms with Crippen LogP contribution in [0.15, 0.2) is 73.1 Å². The van der Waals surface area contributed by atoms with E-state index in [1.54, 1.807) is 18.2 Å². The normalized spacial score (nSPS) is 12.7. The zero-order chi connectivity index (χ0) is 19.6. The highest BCUT2D eigenvalue weighted by molar-refractivity contribution is 6.04. The number of nitrogens with zero attached hydrogens (tertiary/aromatic N) is 2. The molecule has 1 aromatic heterocycles. The summed E-state index contributed by atoms with van der Waals surface area (Å²) in [6.45, 7) is 1.69. The Hall–Kier alpha value is -3.80. The smallest absolute Gasteiger partial charge is 0.255 e. The van der Waals surface area contributed by atoms with Gasteiger partial charge in [-0.1, -0.05) is 24.3 Å². The van der Waals surface area contributed by atoms with Crippen molar-refractivity contribution in [2.24, 2.45) is 0 Å². The van der Waals surface area contributed by atoms with Crippen LogP contribution in [0.3, 0.4) is 0 Å². The van der Waals surface area contributed by atoms with Crippen molar-refractivity contribution >= 4 is 22.6 Å². The average Bonchev–Trinajstić information content (AvgIpc) is 3.16. The maximum Gasteiger partial charge on any atom is 0.255 e. The van der Waals surface area contributed by atoms with Crippen LogP contribution < -0.4 is 14.8 Å². The second-order valence-electron chi connectivity index (χ2n) is 6.87. The average molecular weight is 385 g/mol. The number of carbonyl (C=O) groups excluding carboxylic acids is 1. The van der Waals surface area contributed by atoms with Crippen LogP contribution in [0.25, 0.3) is 11.0 Å². The number of rotatable bonds is 4. The van der Waals surface area contributed by atoms with Crippen molar-refractivity contribution in [3.8, 4) is 11.5 Å². The first-order valence-electron chi connectivity index (χ1n) is 9.46. The Balaban J connectivity index is 1.34. The Morgan fingerprint density at radius 2 is 1.83 bits per heavy atom. The largest absolute Gasteiger partial charge is 0.486 e. The van der Waals surface area contributed by atoms with E-state index in [2.05, 4.69) is 20.9 Å². The fourth-order valence-electron chi connectivity index (χ4n) is 3.47. The number of amides is 1. The van der Waals surface area contributed by atoms with Crippen LogP contribution in [-0.4, -0.2) is 28.7 Å². The lowest BCUT2D eigenvalue weighted by molar-refractivity contribution is 0.102. The lowest BCUT2D eigenvalue weighted by Gasteiger charge is -2.18. The van der Waals surface area contributed by atoms with Gasteiger partial charge in [-0.15, -0.1) is 0 Å². The summed E-state index contributed by atoms with van der Waals surface area (Å²) in [5.41, 5.74) is 4.40. The first kappa shape index (κ1) is 17.3. The van der Waals surface area contributed by atoms with Crippen LogP contribution in [0.4, 0.5) is 5.69 Å². The van der Waals surface area contributed by atoms with Gasteiger partial charge in [-0.25, -0.2) is 4.98 Å². The topological polar surface area (TPSA) is 65.4 Å². The first-order valence-corrected chi connectivity index (χ1v) is 9.46. The van der Waals surface area contributed by atoms with Gasteiger partial charge in [0.2, 0.25) is 0 Å². The summed E-state index contributed by atoms with van der Waals surface area (Å²) in [6.07, 6.45) is 1.84. The van der Waals surface area contributed by atoms with Gasteiger partial charge in [-0.2, -0.15) is 0 Å². The minimum atomic E-state index is -0.188. The molecule has 2 heterocycles. The predicted molar refractivity (Wildman–Crippen MR) is 111 cm³/mol. The molecule has 0 saturated carbocycles. The molecule has 0 spiro atoms. The van der Waals surface area contributed by atoms with Gasteiger partial charge in [0.15, 0.2) is 11.5 Å². The quantitative estimate of drug-likeness (QED) is 0.574. The molecular weight excluding hydrogens is 366 g/mol. The van der Waals surface area contributed by atoms with Crippen molar-refractivity contribution in [1.29, 1.82) is 0 Å². The van der Waals surface area contributed by atoms with Gasteiger partial charge in [-0.3, -0.25) is 4.79 Å². The minimum Gasteiger partial charge on any atom is -0.486 e. The van der Waals surface area contributed by atoms with Crippen LogP contribution >= 0.6 is 0 Å². The molecule has 0 fully saturated rings. The maximum absolute atomic E-state index is 12.7. The highest BCUT2D eigenvalue weighted by Gasteiger charge is 2.15. The standard InChI is InChI=1S/C23H19N3O3/c27-23(17-8-9-21-22(13-17)29-11-10-28-21)25-18-5-3-4-16(12-18)14-26-15-24-19-6-1-2-7-20(19)26/h1-9,12-13,15H,10-11,14H2,(H,25,27). The zero-order valence-electron chi connectivity index (χ0n) is 15.7. The summed E-state index contributed by atoms with van der Waals surface area (Å²) in [5, 5.41) is 2.96. The summed E-state index contributed by atoms with van der Waals surface area (Å²) in [6, 6.07) is 21.1. The van der Waals surface area contributed by atoms with Crippen molar-refractivity contribution in [2.45, 2.75) is 6.54 Å². The molecule has 5 rings (SSSR count). The number of nitrogens with one attached hydrogen (secondary N) is 1. The lowest BCUT2D eigenvalue weighted by atomic mass is 10.1. The third kappa shape index (κ3) is 3.52. The van der Waals surface area contributed by atoms with E-state index in [9.17, 15) is 4.79 Å². The summed E-state index contributed by atoms with van der Waals surface area (Å²) in [7, 11) is 0. The molecular formula is C23H19N3O3. The van der Waals surface area contributed by atoms with Crippen molar-refractivity contribution in [2.75, 3.05) is 18.5 Å². The van der Waals surface area contributed by atoms with Crippen LogP contribution in [0.2, 0.25) is 0 Å². The Kier molecular flexibility index (Phi) is 4.37. The number of hydrogen-bond donors (Lipinski definition) is 1. The monoisotopic (exact) mass is 385 g/mol. The molecule has 6 nitrogen and oxygen atoms in total. The SMILES string of the molecule is O=C(Nc1cccc(Cn2cnc3ccccc32)c1)c1ccc2c(c1)OCCO2. The molecule has 144 valence electrons. The number of anilines is 1. The van der Waals surface area contributed by atoms with E-state index in [4.69, 9.17) is 9.47 Å². The van der Waals surface area contributed by atoms with E-state index in [1.165, 1.54) is 0 Å². The van der Waals surface area contributed by atoms with E-state index < -0.39 is 0 Å². The number of para-hydroxylation sites is 2. The van der Waals surface area contributed by atoms with Crippen molar-refractivity contribution in [3.63, 3.8) is 0 Å². The molecule has 6 heteroatoms. The second-order valence-corrected chi connectivity index (χ2v) is 6.87. The van der Waals surface area contributed by atoms with Gasteiger partial charge in [0, 0.05) is 17.8 Å². The molecule has 1 N–H and O–H groups in total. The summed E-state index contributed by atoms with van der Waals surface area (Å²) >= 11 is 0. The van der Waals surface area contributed by atoms with Gasteiger partial charge in [0.25, 0.3) is 5.91 Å². The molecule has 29 heavy (non-hydrogen) atoms. The van der Waals surface area contributed by atoms with Crippen LogP contribution in [0.1, 0.15) is 15.9 Å². The van der Waals surface area contributed by atoms with Crippen LogP contribution in [0.5, 0.6) is 11.5 Å². The number of carbonyl (C=O) groups is 1. The van der Waals surface area contributed by atoms with Gasteiger partial charge in [0.05, 0.1) is 17.4 Å². The third-order valence-corrected chi connectivity index (χ3v) is 4.87. The molecule has 4 aromatic rings. The highest BCUT2D eigenvalue weighted by atomic mass is 16.6. The van der Waals surface area contributed by atoms with Crippen molar-refractivity contribution in [3.05, 3.63) is 84.2 Å². The van der Waals surface area contributed by atoms with E-state index in [1.807, 2.05) is 48.8 Å². The highest BCUT2D eigenvalue weighted by Crippen LogP contribution is 2.31. The first-order chi connectivity index (χ1) is 14.3. The number of ether oxygens (including phenoxy) is 2. The van der Waals surface area contributed by atoms with Gasteiger partial charge in [0.1, 0.15) is 13.2 Å². The zero-order valence-corrected chi connectivity index (χ0v) is 15.7. The predicted octanol–water partition coefficient (Wildman–Crippen LogP) is 4.11. The Morgan fingerprint density at radius 3 is 2.76 bits per heavy atom. The van der Waals surface area contributed by atoms with Crippen molar-refractivity contribution in [1.82, 2.24) is 9.55 Å². The number of imidazole rings is 1.